The number of carbonyl (C=O) groups is 1. The molecule has 21 heavy (non-hydrogen) atoms. The first-order valence-electron chi connectivity index (χ1n) is 7.33. The summed E-state index contributed by atoms with van der Waals surface area (Å²) in [6, 6.07) is 5.67. The van der Waals surface area contributed by atoms with E-state index in [4.69, 9.17) is 11.6 Å². The summed E-state index contributed by atoms with van der Waals surface area (Å²) in [5.41, 5.74) is 1.81. The molecule has 1 amide bonds. The first-order valence-corrected chi connectivity index (χ1v) is 7.71. The van der Waals surface area contributed by atoms with Crippen molar-refractivity contribution in [2.24, 2.45) is 11.8 Å². The van der Waals surface area contributed by atoms with Gasteiger partial charge in [-0.3, -0.25) is 4.79 Å². The fourth-order valence-corrected chi connectivity index (χ4v) is 2.97. The molecular formula is C16H24Cl2N2O. The van der Waals surface area contributed by atoms with E-state index < -0.39 is 0 Å². The maximum atomic E-state index is 12.1. The van der Waals surface area contributed by atoms with Gasteiger partial charge in [-0.05, 0) is 62.4 Å². The molecule has 1 aliphatic heterocycles. The van der Waals surface area contributed by atoms with E-state index in [1.807, 2.05) is 25.1 Å². The Morgan fingerprint density at radius 1 is 1.43 bits per heavy atom. The lowest BCUT2D eigenvalue weighted by Crippen LogP contribution is -2.32. The number of aryl methyl sites for hydroxylation is 1. The number of amides is 1. The molecule has 1 aromatic rings. The van der Waals surface area contributed by atoms with Crippen LogP contribution in [0.2, 0.25) is 5.02 Å². The predicted molar refractivity (Wildman–Crippen MR) is 91.4 cm³/mol. The minimum absolute atomic E-state index is 0. The quantitative estimate of drug-likeness (QED) is 0.874. The number of halogens is 2. The number of anilines is 1. The van der Waals surface area contributed by atoms with Gasteiger partial charge in [-0.25, -0.2) is 0 Å². The predicted octanol–water partition coefficient (Wildman–Crippen LogP) is 4.03. The third-order valence-corrected chi connectivity index (χ3v) is 4.42. The molecule has 1 aliphatic rings. The lowest BCUT2D eigenvalue weighted by molar-refractivity contribution is -0.117. The summed E-state index contributed by atoms with van der Waals surface area (Å²) in [6.45, 7) is 6.30. The summed E-state index contributed by atoms with van der Waals surface area (Å²) >= 11 is 6.10. The lowest BCUT2D eigenvalue weighted by Gasteiger charge is -2.27. The Balaban J connectivity index is 0.00000220. The maximum Gasteiger partial charge on any atom is 0.224 e. The van der Waals surface area contributed by atoms with Crippen molar-refractivity contribution < 1.29 is 4.79 Å². The van der Waals surface area contributed by atoms with Gasteiger partial charge in [0.05, 0.1) is 10.7 Å². The summed E-state index contributed by atoms with van der Waals surface area (Å²) < 4.78 is 0. The van der Waals surface area contributed by atoms with Crippen LogP contribution in [0.15, 0.2) is 18.2 Å². The van der Waals surface area contributed by atoms with Gasteiger partial charge in [0.15, 0.2) is 0 Å². The molecule has 1 aromatic carbocycles. The Kier molecular flexibility index (Phi) is 7.50. The van der Waals surface area contributed by atoms with Gasteiger partial charge in [-0.2, -0.15) is 0 Å². The van der Waals surface area contributed by atoms with E-state index in [1.54, 1.807) is 0 Å². The SMILES string of the molecule is Cc1ccc(Cl)c(NC(=O)CC(C)C2CCNCC2)c1.Cl. The summed E-state index contributed by atoms with van der Waals surface area (Å²) in [4.78, 5) is 12.1. The van der Waals surface area contributed by atoms with Crippen LogP contribution in [0, 0.1) is 18.8 Å². The largest absolute Gasteiger partial charge is 0.325 e. The highest BCUT2D eigenvalue weighted by atomic mass is 35.5. The van der Waals surface area contributed by atoms with E-state index >= 15 is 0 Å². The molecule has 1 atom stereocenters. The summed E-state index contributed by atoms with van der Waals surface area (Å²) in [5, 5.41) is 6.89. The molecule has 5 heteroatoms. The molecule has 0 aromatic heterocycles. The molecule has 2 N–H and O–H groups in total. The molecule has 0 aliphatic carbocycles. The molecule has 1 unspecified atom stereocenters. The zero-order chi connectivity index (χ0) is 14.5. The fraction of sp³-hybridized carbons (Fsp3) is 0.562. The van der Waals surface area contributed by atoms with Gasteiger partial charge in [-0.15, -0.1) is 12.4 Å². The van der Waals surface area contributed by atoms with Crippen LogP contribution in [0.3, 0.4) is 0 Å². The van der Waals surface area contributed by atoms with Gasteiger partial charge in [-0.1, -0.05) is 24.6 Å². The molecule has 1 saturated heterocycles. The zero-order valence-electron chi connectivity index (χ0n) is 12.6. The minimum atomic E-state index is 0. The Hall–Kier alpha value is -0.770. The first-order chi connectivity index (χ1) is 9.56. The van der Waals surface area contributed by atoms with Gasteiger partial charge < -0.3 is 10.6 Å². The Labute approximate surface area is 138 Å². The second kappa shape index (κ2) is 8.62. The van der Waals surface area contributed by atoms with Gasteiger partial charge >= 0.3 is 0 Å². The number of nitrogens with one attached hydrogen (secondary N) is 2. The van der Waals surface area contributed by atoms with Crippen LogP contribution in [0.5, 0.6) is 0 Å². The molecule has 3 nitrogen and oxygen atoms in total. The van der Waals surface area contributed by atoms with E-state index in [0.29, 0.717) is 29.0 Å². The van der Waals surface area contributed by atoms with E-state index in [2.05, 4.69) is 17.6 Å². The van der Waals surface area contributed by atoms with Crippen molar-refractivity contribution in [2.75, 3.05) is 18.4 Å². The molecular weight excluding hydrogens is 307 g/mol. The van der Waals surface area contributed by atoms with Crippen molar-refractivity contribution in [3.05, 3.63) is 28.8 Å². The molecule has 0 saturated carbocycles. The van der Waals surface area contributed by atoms with Crippen LogP contribution < -0.4 is 10.6 Å². The van der Waals surface area contributed by atoms with E-state index in [1.165, 1.54) is 12.8 Å². The lowest BCUT2D eigenvalue weighted by atomic mass is 9.84. The van der Waals surface area contributed by atoms with Crippen molar-refractivity contribution >= 4 is 35.6 Å². The second-order valence-electron chi connectivity index (χ2n) is 5.80. The average molecular weight is 331 g/mol. The van der Waals surface area contributed by atoms with Crippen LogP contribution in [0.4, 0.5) is 5.69 Å². The number of benzene rings is 1. The number of hydrogen-bond acceptors (Lipinski definition) is 2. The summed E-state index contributed by atoms with van der Waals surface area (Å²) in [6.07, 6.45) is 2.90. The normalized spacial score (nSPS) is 16.9. The van der Waals surface area contributed by atoms with Crippen molar-refractivity contribution in [2.45, 2.75) is 33.1 Å². The van der Waals surface area contributed by atoms with Crippen molar-refractivity contribution in [1.82, 2.24) is 5.32 Å². The third kappa shape index (κ3) is 5.50. The van der Waals surface area contributed by atoms with Gasteiger partial charge in [0, 0.05) is 6.42 Å². The Bertz CT molecular complexity index is 473. The minimum Gasteiger partial charge on any atom is -0.325 e. The van der Waals surface area contributed by atoms with Crippen molar-refractivity contribution in [1.29, 1.82) is 0 Å². The second-order valence-corrected chi connectivity index (χ2v) is 6.21. The van der Waals surface area contributed by atoms with Crippen LogP contribution in [0.25, 0.3) is 0 Å². The summed E-state index contributed by atoms with van der Waals surface area (Å²) in [5.74, 6) is 1.12. The van der Waals surface area contributed by atoms with Crippen molar-refractivity contribution in [3.8, 4) is 0 Å². The monoisotopic (exact) mass is 330 g/mol. The van der Waals surface area contributed by atoms with Crippen LogP contribution >= 0.6 is 24.0 Å². The summed E-state index contributed by atoms with van der Waals surface area (Å²) in [7, 11) is 0. The molecule has 0 bridgehead atoms. The average Bonchev–Trinajstić information content (AvgIpc) is 2.43. The zero-order valence-corrected chi connectivity index (χ0v) is 14.2. The molecule has 0 spiro atoms. The number of piperidine rings is 1. The van der Waals surface area contributed by atoms with Gasteiger partial charge in [0.2, 0.25) is 5.91 Å². The molecule has 2 rings (SSSR count). The van der Waals surface area contributed by atoms with Crippen LogP contribution in [0.1, 0.15) is 31.7 Å². The van der Waals surface area contributed by atoms with Crippen LogP contribution in [-0.2, 0) is 4.79 Å². The fourth-order valence-electron chi connectivity index (χ4n) is 2.81. The Morgan fingerprint density at radius 2 is 2.10 bits per heavy atom. The topological polar surface area (TPSA) is 41.1 Å². The molecule has 1 heterocycles. The van der Waals surface area contributed by atoms with E-state index in [9.17, 15) is 4.79 Å². The smallest absolute Gasteiger partial charge is 0.224 e. The molecule has 118 valence electrons. The Morgan fingerprint density at radius 3 is 2.76 bits per heavy atom. The molecule has 0 radical (unpaired) electrons. The standard InChI is InChI=1S/C16H23ClN2O.ClH/c1-11-3-4-14(17)15(9-11)19-16(20)10-12(2)13-5-7-18-8-6-13;/h3-4,9,12-13,18H,5-8,10H2,1-2H3,(H,19,20);1H. The van der Waals surface area contributed by atoms with Crippen LogP contribution in [-0.4, -0.2) is 19.0 Å². The van der Waals surface area contributed by atoms with Crippen molar-refractivity contribution in [3.63, 3.8) is 0 Å². The number of carbonyl (C=O) groups excluding carboxylic acids is 1. The van der Waals surface area contributed by atoms with Gasteiger partial charge in [0.25, 0.3) is 0 Å². The van der Waals surface area contributed by atoms with E-state index in [0.717, 1.165) is 18.7 Å². The highest BCUT2D eigenvalue weighted by Gasteiger charge is 2.22. The number of hydrogen-bond donors (Lipinski definition) is 2. The van der Waals surface area contributed by atoms with E-state index in [-0.39, 0.29) is 18.3 Å². The highest BCUT2D eigenvalue weighted by molar-refractivity contribution is 6.33. The first kappa shape index (κ1) is 18.3. The number of rotatable bonds is 4. The van der Waals surface area contributed by atoms with Gasteiger partial charge in [0.1, 0.15) is 0 Å². The maximum absolute atomic E-state index is 12.1. The highest BCUT2D eigenvalue weighted by Crippen LogP contribution is 2.26. The third-order valence-electron chi connectivity index (χ3n) is 4.09. The molecule has 1 fully saturated rings.